The molecule has 3 nitrogen and oxygen atoms in total. The maximum absolute atomic E-state index is 12.1. The molecule has 4 heteroatoms. The van der Waals surface area contributed by atoms with E-state index in [0.717, 1.165) is 33.4 Å². The first-order valence-electron chi connectivity index (χ1n) is 6.52. The Labute approximate surface area is 127 Å². The Morgan fingerprint density at radius 2 is 1.80 bits per heavy atom. The van der Waals surface area contributed by atoms with Crippen LogP contribution >= 0.6 is 15.9 Å². The summed E-state index contributed by atoms with van der Waals surface area (Å²) in [5.74, 6) is 0. The highest BCUT2D eigenvalue weighted by Crippen LogP contribution is 2.21. The van der Waals surface area contributed by atoms with Gasteiger partial charge in [-0.25, -0.2) is 4.79 Å². The van der Waals surface area contributed by atoms with Crippen LogP contribution in [0, 0.1) is 6.92 Å². The lowest BCUT2D eigenvalue weighted by Crippen LogP contribution is -2.20. The van der Waals surface area contributed by atoms with Crippen LogP contribution in [-0.2, 0) is 6.42 Å². The molecule has 0 atom stereocenters. The Balaban J connectivity index is 2.09. The van der Waals surface area contributed by atoms with Crippen molar-refractivity contribution < 1.29 is 4.79 Å². The molecule has 0 saturated carbocycles. The van der Waals surface area contributed by atoms with Crippen LogP contribution in [0.25, 0.3) is 0 Å². The summed E-state index contributed by atoms with van der Waals surface area (Å²) in [7, 11) is 0. The molecule has 0 fully saturated rings. The molecule has 0 aliphatic carbocycles. The second-order valence-corrected chi connectivity index (χ2v) is 5.46. The molecule has 0 saturated heterocycles. The summed E-state index contributed by atoms with van der Waals surface area (Å²) in [5, 5.41) is 5.76. The highest BCUT2D eigenvalue weighted by molar-refractivity contribution is 9.10. The molecular weight excluding hydrogens is 316 g/mol. The van der Waals surface area contributed by atoms with Gasteiger partial charge in [-0.3, -0.25) is 0 Å². The van der Waals surface area contributed by atoms with Gasteiger partial charge in [-0.15, -0.1) is 0 Å². The SMILES string of the molecule is CCc1ccccc1NC(=O)Nc1ccc(Br)cc1C. The van der Waals surface area contributed by atoms with Crippen molar-refractivity contribution in [1.82, 2.24) is 0 Å². The van der Waals surface area contributed by atoms with E-state index >= 15 is 0 Å². The predicted octanol–water partition coefficient (Wildman–Crippen LogP) is 4.96. The van der Waals surface area contributed by atoms with E-state index in [9.17, 15) is 4.79 Å². The number of anilines is 2. The van der Waals surface area contributed by atoms with Crippen LogP contribution in [0.15, 0.2) is 46.9 Å². The van der Waals surface area contributed by atoms with E-state index in [0.29, 0.717) is 0 Å². The average molecular weight is 333 g/mol. The fourth-order valence-corrected chi connectivity index (χ4v) is 2.47. The Kier molecular flexibility index (Phi) is 4.79. The third kappa shape index (κ3) is 3.61. The average Bonchev–Trinajstić information content (AvgIpc) is 2.42. The molecule has 0 aliphatic rings. The van der Waals surface area contributed by atoms with Gasteiger partial charge in [0.25, 0.3) is 0 Å². The zero-order valence-electron chi connectivity index (χ0n) is 11.5. The molecule has 0 aliphatic heterocycles. The van der Waals surface area contributed by atoms with Crippen LogP contribution in [0.5, 0.6) is 0 Å². The number of para-hydroxylation sites is 1. The van der Waals surface area contributed by atoms with Crippen LogP contribution < -0.4 is 10.6 Å². The largest absolute Gasteiger partial charge is 0.323 e. The van der Waals surface area contributed by atoms with Crippen LogP contribution in [0.2, 0.25) is 0 Å². The maximum atomic E-state index is 12.1. The van der Waals surface area contributed by atoms with Crippen molar-refractivity contribution in [1.29, 1.82) is 0 Å². The number of rotatable bonds is 3. The van der Waals surface area contributed by atoms with Crippen molar-refractivity contribution in [3.63, 3.8) is 0 Å². The molecule has 0 heterocycles. The Morgan fingerprint density at radius 3 is 2.50 bits per heavy atom. The van der Waals surface area contributed by atoms with Gasteiger partial charge in [0.15, 0.2) is 0 Å². The van der Waals surface area contributed by atoms with E-state index in [-0.39, 0.29) is 6.03 Å². The zero-order valence-corrected chi connectivity index (χ0v) is 13.1. The van der Waals surface area contributed by atoms with E-state index in [1.165, 1.54) is 0 Å². The van der Waals surface area contributed by atoms with Crippen molar-refractivity contribution in [3.8, 4) is 0 Å². The van der Waals surface area contributed by atoms with Gasteiger partial charge in [-0.2, -0.15) is 0 Å². The molecule has 0 radical (unpaired) electrons. The van der Waals surface area contributed by atoms with Crippen LogP contribution in [0.4, 0.5) is 16.2 Å². The molecule has 0 spiro atoms. The summed E-state index contributed by atoms with van der Waals surface area (Å²) in [6.07, 6.45) is 0.883. The standard InChI is InChI=1S/C16H17BrN2O/c1-3-12-6-4-5-7-15(12)19-16(20)18-14-9-8-13(17)10-11(14)2/h4-10H,3H2,1-2H3,(H2,18,19,20). The van der Waals surface area contributed by atoms with E-state index < -0.39 is 0 Å². The highest BCUT2D eigenvalue weighted by atomic mass is 79.9. The van der Waals surface area contributed by atoms with Crippen molar-refractivity contribution in [2.75, 3.05) is 10.6 Å². The predicted molar refractivity (Wildman–Crippen MR) is 87.3 cm³/mol. The second-order valence-electron chi connectivity index (χ2n) is 4.55. The summed E-state index contributed by atoms with van der Waals surface area (Å²) >= 11 is 3.41. The second kappa shape index (κ2) is 6.57. The lowest BCUT2D eigenvalue weighted by Gasteiger charge is -2.12. The normalized spacial score (nSPS) is 10.2. The van der Waals surface area contributed by atoms with Gasteiger partial charge in [0.2, 0.25) is 0 Å². The summed E-state index contributed by atoms with van der Waals surface area (Å²) < 4.78 is 0.997. The number of carbonyl (C=O) groups excluding carboxylic acids is 1. The minimum Gasteiger partial charge on any atom is -0.307 e. The lowest BCUT2D eigenvalue weighted by atomic mass is 10.1. The van der Waals surface area contributed by atoms with Gasteiger partial charge in [-0.1, -0.05) is 41.1 Å². The van der Waals surface area contributed by atoms with Crippen molar-refractivity contribution in [2.45, 2.75) is 20.3 Å². The summed E-state index contributed by atoms with van der Waals surface area (Å²) in [6, 6.07) is 13.3. The van der Waals surface area contributed by atoms with Crippen molar-refractivity contribution in [3.05, 3.63) is 58.1 Å². The van der Waals surface area contributed by atoms with Gasteiger partial charge in [0, 0.05) is 15.8 Å². The smallest absolute Gasteiger partial charge is 0.307 e. The van der Waals surface area contributed by atoms with Crippen LogP contribution in [-0.4, -0.2) is 6.03 Å². The van der Waals surface area contributed by atoms with E-state index in [1.807, 2.05) is 49.4 Å². The van der Waals surface area contributed by atoms with E-state index in [4.69, 9.17) is 0 Å². The molecule has 2 aromatic rings. The van der Waals surface area contributed by atoms with Crippen molar-refractivity contribution >= 4 is 33.3 Å². The summed E-state index contributed by atoms with van der Waals surface area (Å²) in [5.41, 5.74) is 3.79. The number of nitrogens with one attached hydrogen (secondary N) is 2. The third-order valence-corrected chi connectivity index (χ3v) is 3.58. The molecule has 2 amide bonds. The number of halogens is 1. The Morgan fingerprint density at radius 1 is 1.10 bits per heavy atom. The molecule has 0 aromatic heterocycles. The van der Waals surface area contributed by atoms with Gasteiger partial charge in [0.05, 0.1) is 0 Å². The Hall–Kier alpha value is -1.81. The number of hydrogen-bond acceptors (Lipinski definition) is 1. The van der Waals surface area contributed by atoms with Gasteiger partial charge < -0.3 is 10.6 Å². The first-order valence-corrected chi connectivity index (χ1v) is 7.31. The monoisotopic (exact) mass is 332 g/mol. The van der Waals surface area contributed by atoms with Gasteiger partial charge >= 0.3 is 6.03 Å². The van der Waals surface area contributed by atoms with Crippen molar-refractivity contribution in [2.24, 2.45) is 0 Å². The first kappa shape index (κ1) is 14.6. The van der Waals surface area contributed by atoms with Gasteiger partial charge in [0.1, 0.15) is 0 Å². The summed E-state index contributed by atoms with van der Waals surface area (Å²) in [6.45, 7) is 4.03. The fourth-order valence-electron chi connectivity index (χ4n) is 1.99. The molecule has 2 aromatic carbocycles. The van der Waals surface area contributed by atoms with Crippen LogP contribution in [0.3, 0.4) is 0 Å². The van der Waals surface area contributed by atoms with E-state index in [2.05, 4.69) is 33.5 Å². The summed E-state index contributed by atoms with van der Waals surface area (Å²) in [4.78, 5) is 12.1. The lowest BCUT2D eigenvalue weighted by molar-refractivity contribution is 0.262. The quantitative estimate of drug-likeness (QED) is 0.819. The minimum absolute atomic E-state index is 0.226. The zero-order chi connectivity index (χ0) is 14.5. The molecule has 2 rings (SSSR count). The maximum Gasteiger partial charge on any atom is 0.323 e. The third-order valence-electron chi connectivity index (χ3n) is 3.08. The number of carbonyl (C=O) groups is 1. The molecule has 0 unspecified atom stereocenters. The number of amides is 2. The molecule has 104 valence electrons. The van der Waals surface area contributed by atoms with Crippen LogP contribution in [0.1, 0.15) is 18.1 Å². The highest BCUT2D eigenvalue weighted by Gasteiger charge is 2.07. The van der Waals surface area contributed by atoms with Gasteiger partial charge in [-0.05, 0) is 48.7 Å². The first-order chi connectivity index (χ1) is 9.60. The minimum atomic E-state index is -0.226. The molecular formula is C16H17BrN2O. The topological polar surface area (TPSA) is 41.1 Å². The molecule has 20 heavy (non-hydrogen) atoms. The number of urea groups is 1. The number of hydrogen-bond donors (Lipinski definition) is 2. The number of aryl methyl sites for hydroxylation is 2. The molecule has 2 N–H and O–H groups in total. The fraction of sp³-hybridized carbons (Fsp3) is 0.188. The number of benzene rings is 2. The molecule has 0 bridgehead atoms. The Bertz CT molecular complexity index is 626. The van der Waals surface area contributed by atoms with E-state index in [1.54, 1.807) is 0 Å².